The number of hydrogen-bond donors (Lipinski definition) is 1. The van der Waals surface area contributed by atoms with E-state index in [9.17, 15) is 4.79 Å². The Morgan fingerprint density at radius 3 is 2.73 bits per heavy atom. The molecule has 1 amide bonds. The second-order valence-electron chi connectivity index (χ2n) is 8.20. The molecule has 0 radical (unpaired) electrons. The van der Waals surface area contributed by atoms with Gasteiger partial charge in [0.2, 0.25) is 12.7 Å². The van der Waals surface area contributed by atoms with Crippen LogP contribution in [0.1, 0.15) is 18.4 Å². The summed E-state index contributed by atoms with van der Waals surface area (Å²) in [5.74, 6) is 3.03. The molecule has 1 aromatic heterocycles. The number of ether oxygens (including phenoxy) is 3. The quantitative estimate of drug-likeness (QED) is 0.621. The SMILES string of the molecule is COc1ccc(-c2ccc(N3CCC[C@H](C(=O)NCc4ccc5c(c4)OCO5)C3)nn2)cc1. The van der Waals surface area contributed by atoms with E-state index in [0.717, 1.165) is 59.3 Å². The van der Waals surface area contributed by atoms with E-state index >= 15 is 0 Å². The zero-order valence-electron chi connectivity index (χ0n) is 18.5. The molecule has 2 aliphatic heterocycles. The Balaban J connectivity index is 1.18. The lowest BCUT2D eigenvalue weighted by atomic mass is 9.97. The molecule has 1 atom stereocenters. The van der Waals surface area contributed by atoms with Crippen molar-refractivity contribution < 1.29 is 19.0 Å². The van der Waals surface area contributed by atoms with Crippen LogP contribution in [0, 0.1) is 5.92 Å². The van der Waals surface area contributed by atoms with Crippen molar-refractivity contribution in [2.75, 3.05) is 31.9 Å². The van der Waals surface area contributed by atoms with Crippen LogP contribution in [0.15, 0.2) is 54.6 Å². The van der Waals surface area contributed by atoms with E-state index < -0.39 is 0 Å². The molecule has 0 bridgehead atoms. The van der Waals surface area contributed by atoms with Gasteiger partial charge in [0.1, 0.15) is 5.75 Å². The van der Waals surface area contributed by atoms with Gasteiger partial charge in [-0.15, -0.1) is 10.2 Å². The van der Waals surface area contributed by atoms with Crippen molar-refractivity contribution in [3.8, 4) is 28.5 Å². The molecule has 0 spiro atoms. The zero-order chi connectivity index (χ0) is 22.6. The van der Waals surface area contributed by atoms with Crippen molar-refractivity contribution in [2.24, 2.45) is 5.92 Å². The molecule has 33 heavy (non-hydrogen) atoms. The van der Waals surface area contributed by atoms with Gasteiger partial charge in [0.05, 0.1) is 18.7 Å². The molecule has 5 rings (SSSR count). The summed E-state index contributed by atoms with van der Waals surface area (Å²) in [7, 11) is 1.65. The summed E-state index contributed by atoms with van der Waals surface area (Å²) in [6, 6.07) is 17.4. The number of anilines is 1. The summed E-state index contributed by atoms with van der Waals surface area (Å²) in [5.41, 5.74) is 2.77. The second-order valence-corrected chi connectivity index (χ2v) is 8.20. The van der Waals surface area contributed by atoms with E-state index in [2.05, 4.69) is 20.4 Å². The normalized spacial score (nSPS) is 17.0. The number of piperidine rings is 1. The Labute approximate surface area is 192 Å². The smallest absolute Gasteiger partial charge is 0.231 e. The molecule has 0 saturated carbocycles. The van der Waals surface area contributed by atoms with Gasteiger partial charge in [-0.1, -0.05) is 6.07 Å². The maximum absolute atomic E-state index is 12.8. The Hall–Kier alpha value is -3.81. The predicted molar refractivity (Wildman–Crippen MR) is 123 cm³/mol. The fourth-order valence-corrected chi connectivity index (χ4v) is 4.19. The highest BCUT2D eigenvalue weighted by molar-refractivity contribution is 5.79. The summed E-state index contributed by atoms with van der Waals surface area (Å²) in [6.45, 7) is 2.20. The standard InChI is InChI=1S/C25H26N4O4/c1-31-20-7-5-18(6-8-20)21-9-11-24(28-27-21)29-12-2-3-19(15-29)25(30)26-14-17-4-10-22-23(13-17)33-16-32-22/h4-11,13,19H,2-3,12,14-16H2,1H3,(H,26,30)/t19-/m0/s1. The number of hydrogen-bond acceptors (Lipinski definition) is 7. The van der Waals surface area contributed by atoms with Crippen LogP contribution in [0.4, 0.5) is 5.82 Å². The molecule has 0 aliphatic carbocycles. The molecule has 1 saturated heterocycles. The summed E-state index contributed by atoms with van der Waals surface area (Å²) < 4.78 is 16.0. The van der Waals surface area contributed by atoms with Gasteiger partial charge in [-0.05, 0) is 66.9 Å². The second kappa shape index (κ2) is 9.36. The van der Waals surface area contributed by atoms with Crippen molar-refractivity contribution in [3.63, 3.8) is 0 Å². The van der Waals surface area contributed by atoms with Crippen molar-refractivity contribution in [1.82, 2.24) is 15.5 Å². The number of rotatable bonds is 6. The number of carbonyl (C=O) groups excluding carboxylic acids is 1. The summed E-state index contributed by atoms with van der Waals surface area (Å²) in [5, 5.41) is 11.9. The zero-order valence-corrected chi connectivity index (χ0v) is 18.5. The van der Waals surface area contributed by atoms with Crippen LogP contribution in [0.25, 0.3) is 11.3 Å². The first-order valence-electron chi connectivity index (χ1n) is 11.1. The molecular formula is C25H26N4O4. The number of carbonyl (C=O) groups is 1. The Bertz CT molecular complexity index is 1120. The van der Waals surface area contributed by atoms with E-state index in [0.29, 0.717) is 13.1 Å². The number of nitrogens with zero attached hydrogens (tertiary/aromatic N) is 3. The summed E-state index contributed by atoms with van der Waals surface area (Å²) in [4.78, 5) is 15.0. The third-order valence-electron chi connectivity index (χ3n) is 6.06. The van der Waals surface area contributed by atoms with Crippen LogP contribution in [-0.4, -0.2) is 43.1 Å². The first kappa shape index (κ1) is 21.1. The predicted octanol–water partition coefficient (Wildman–Crippen LogP) is 3.41. The van der Waals surface area contributed by atoms with Crippen LogP contribution in [0.3, 0.4) is 0 Å². The monoisotopic (exact) mass is 446 g/mol. The number of amides is 1. The maximum Gasteiger partial charge on any atom is 0.231 e. The molecule has 8 heteroatoms. The molecule has 2 aromatic carbocycles. The Kier molecular flexibility index (Phi) is 5.97. The molecule has 3 heterocycles. The number of benzene rings is 2. The molecule has 8 nitrogen and oxygen atoms in total. The Morgan fingerprint density at radius 2 is 1.94 bits per heavy atom. The van der Waals surface area contributed by atoms with E-state index in [-0.39, 0.29) is 18.6 Å². The van der Waals surface area contributed by atoms with Gasteiger partial charge in [-0.2, -0.15) is 0 Å². The largest absolute Gasteiger partial charge is 0.497 e. The minimum Gasteiger partial charge on any atom is -0.497 e. The maximum atomic E-state index is 12.8. The third kappa shape index (κ3) is 4.69. The molecule has 2 aliphatic rings. The Morgan fingerprint density at radius 1 is 1.09 bits per heavy atom. The van der Waals surface area contributed by atoms with Crippen LogP contribution in [-0.2, 0) is 11.3 Å². The van der Waals surface area contributed by atoms with Gasteiger partial charge in [0.25, 0.3) is 0 Å². The molecule has 170 valence electrons. The number of fused-ring (bicyclic) bond motifs is 1. The molecule has 3 aromatic rings. The van der Waals surface area contributed by atoms with Crippen molar-refractivity contribution in [1.29, 1.82) is 0 Å². The van der Waals surface area contributed by atoms with Gasteiger partial charge in [0, 0.05) is 25.2 Å². The van der Waals surface area contributed by atoms with Crippen molar-refractivity contribution in [3.05, 3.63) is 60.2 Å². The minimum absolute atomic E-state index is 0.0557. The van der Waals surface area contributed by atoms with Gasteiger partial charge in [-0.25, -0.2) is 0 Å². The average molecular weight is 447 g/mol. The van der Waals surface area contributed by atoms with E-state index in [1.807, 2.05) is 54.6 Å². The first-order valence-corrected chi connectivity index (χ1v) is 11.1. The highest BCUT2D eigenvalue weighted by Crippen LogP contribution is 2.32. The number of nitrogens with one attached hydrogen (secondary N) is 1. The van der Waals surface area contributed by atoms with Gasteiger partial charge in [0.15, 0.2) is 17.3 Å². The fraction of sp³-hybridized carbons (Fsp3) is 0.320. The summed E-state index contributed by atoms with van der Waals surface area (Å²) in [6.07, 6.45) is 1.80. The third-order valence-corrected chi connectivity index (χ3v) is 6.06. The van der Waals surface area contributed by atoms with Crippen LogP contribution < -0.4 is 24.4 Å². The van der Waals surface area contributed by atoms with Crippen LogP contribution in [0.2, 0.25) is 0 Å². The fourth-order valence-electron chi connectivity index (χ4n) is 4.19. The van der Waals surface area contributed by atoms with Crippen molar-refractivity contribution >= 4 is 11.7 Å². The topological polar surface area (TPSA) is 85.8 Å². The van der Waals surface area contributed by atoms with Gasteiger partial charge in [-0.3, -0.25) is 4.79 Å². The van der Waals surface area contributed by atoms with E-state index in [4.69, 9.17) is 14.2 Å². The lowest BCUT2D eigenvalue weighted by Crippen LogP contribution is -2.43. The molecular weight excluding hydrogens is 420 g/mol. The highest BCUT2D eigenvalue weighted by atomic mass is 16.7. The number of methoxy groups -OCH3 is 1. The van der Waals surface area contributed by atoms with Crippen molar-refractivity contribution in [2.45, 2.75) is 19.4 Å². The molecule has 1 fully saturated rings. The molecule has 1 N–H and O–H groups in total. The number of aromatic nitrogens is 2. The molecule has 0 unspecified atom stereocenters. The van der Waals surface area contributed by atoms with Crippen LogP contribution in [0.5, 0.6) is 17.2 Å². The van der Waals surface area contributed by atoms with Crippen LogP contribution >= 0.6 is 0 Å². The minimum atomic E-state index is -0.0872. The van der Waals surface area contributed by atoms with Gasteiger partial charge < -0.3 is 24.4 Å². The lowest BCUT2D eigenvalue weighted by Gasteiger charge is -2.32. The highest BCUT2D eigenvalue weighted by Gasteiger charge is 2.27. The average Bonchev–Trinajstić information content (AvgIpc) is 3.35. The van der Waals surface area contributed by atoms with E-state index in [1.54, 1.807) is 7.11 Å². The van der Waals surface area contributed by atoms with E-state index in [1.165, 1.54) is 0 Å². The first-order chi connectivity index (χ1) is 16.2. The summed E-state index contributed by atoms with van der Waals surface area (Å²) >= 11 is 0. The lowest BCUT2D eigenvalue weighted by molar-refractivity contribution is -0.125. The van der Waals surface area contributed by atoms with Gasteiger partial charge >= 0.3 is 0 Å².